The van der Waals surface area contributed by atoms with Crippen LogP contribution in [0.15, 0.2) is 18.3 Å². The SMILES string of the molecule is Cc1sc(CC2CCNCC2)nc1-c1ccc[nH]1. The fraction of sp³-hybridized carbons (Fsp3) is 0.500. The number of aromatic amines is 1. The topological polar surface area (TPSA) is 40.7 Å². The average molecular weight is 261 g/mol. The first-order chi connectivity index (χ1) is 8.83. The highest BCUT2D eigenvalue weighted by molar-refractivity contribution is 7.12. The zero-order valence-electron chi connectivity index (χ0n) is 10.7. The molecule has 0 bridgehead atoms. The van der Waals surface area contributed by atoms with E-state index in [4.69, 9.17) is 4.98 Å². The minimum atomic E-state index is 0.813. The van der Waals surface area contributed by atoms with Crippen LogP contribution in [0.2, 0.25) is 0 Å². The first kappa shape index (κ1) is 11.9. The van der Waals surface area contributed by atoms with E-state index in [0.717, 1.165) is 23.7 Å². The van der Waals surface area contributed by atoms with Crippen molar-refractivity contribution in [1.29, 1.82) is 0 Å². The van der Waals surface area contributed by atoms with E-state index in [-0.39, 0.29) is 0 Å². The maximum atomic E-state index is 4.81. The van der Waals surface area contributed by atoms with Gasteiger partial charge in [-0.3, -0.25) is 0 Å². The van der Waals surface area contributed by atoms with Crippen molar-refractivity contribution in [2.45, 2.75) is 26.2 Å². The third-order valence-electron chi connectivity index (χ3n) is 3.62. The lowest BCUT2D eigenvalue weighted by Gasteiger charge is -2.21. The van der Waals surface area contributed by atoms with E-state index in [1.807, 2.05) is 23.6 Å². The Kier molecular flexibility index (Phi) is 3.48. The molecule has 0 atom stereocenters. The predicted octanol–water partition coefficient (Wildman–Crippen LogP) is 2.99. The van der Waals surface area contributed by atoms with E-state index < -0.39 is 0 Å². The number of rotatable bonds is 3. The van der Waals surface area contributed by atoms with Gasteiger partial charge < -0.3 is 10.3 Å². The summed E-state index contributed by atoms with van der Waals surface area (Å²) < 4.78 is 0. The lowest BCUT2D eigenvalue weighted by molar-refractivity contribution is 0.372. The van der Waals surface area contributed by atoms with Crippen LogP contribution in [0, 0.1) is 12.8 Å². The van der Waals surface area contributed by atoms with Crippen molar-refractivity contribution in [2.75, 3.05) is 13.1 Å². The van der Waals surface area contributed by atoms with Gasteiger partial charge in [0.2, 0.25) is 0 Å². The minimum Gasteiger partial charge on any atom is -0.360 e. The van der Waals surface area contributed by atoms with Crippen LogP contribution in [0.1, 0.15) is 22.7 Å². The number of hydrogen-bond donors (Lipinski definition) is 2. The molecule has 2 aromatic heterocycles. The maximum absolute atomic E-state index is 4.81. The Morgan fingerprint density at radius 2 is 2.22 bits per heavy atom. The van der Waals surface area contributed by atoms with E-state index in [1.165, 1.54) is 35.8 Å². The van der Waals surface area contributed by atoms with Gasteiger partial charge in [-0.05, 0) is 50.9 Å². The van der Waals surface area contributed by atoms with Crippen LogP contribution in [-0.2, 0) is 6.42 Å². The van der Waals surface area contributed by atoms with Crippen molar-refractivity contribution in [2.24, 2.45) is 5.92 Å². The summed E-state index contributed by atoms with van der Waals surface area (Å²) in [4.78, 5) is 9.38. The van der Waals surface area contributed by atoms with Crippen LogP contribution in [0.25, 0.3) is 11.4 Å². The third-order valence-corrected chi connectivity index (χ3v) is 4.61. The van der Waals surface area contributed by atoms with Gasteiger partial charge >= 0.3 is 0 Å². The van der Waals surface area contributed by atoms with Crippen molar-refractivity contribution in [1.82, 2.24) is 15.3 Å². The lowest BCUT2D eigenvalue weighted by atomic mass is 9.95. The summed E-state index contributed by atoms with van der Waals surface area (Å²) in [7, 11) is 0. The Bertz CT molecular complexity index is 495. The number of aryl methyl sites for hydroxylation is 1. The quantitative estimate of drug-likeness (QED) is 0.891. The third kappa shape index (κ3) is 2.49. The predicted molar refractivity (Wildman–Crippen MR) is 75.9 cm³/mol. The van der Waals surface area contributed by atoms with Crippen molar-refractivity contribution >= 4 is 11.3 Å². The van der Waals surface area contributed by atoms with Crippen molar-refractivity contribution in [3.05, 3.63) is 28.2 Å². The highest BCUT2D eigenvalue weighted by Gasteiger charge is 2.17. The molecule has 0 aliphatic carbocycles. The van der Waals surface area contributed by atoms with Crippen molar-refractivity contribution in [3.8, 4) is 11.4 Å². The van der Waals surface area contributed by atoms with Gasteiger partial charge in [-0.1, -0.05) is 0 Å². The molecule has 0 radical (unpaired) electrons. The molecule has 3 nitrogen and oxygen atoms in total. The van der Waals surface area contributed by atoms with Crippen LogP contribution in [0.3, 0.4) is 0 Å². The average Bonchev–Trinajstić information content (AvgIpc) is 3.00. The molecule has 3 rings (SSSR count). The molecule has 0 spiro atoms. The molecule has 0 amide bonds. The van der Waals surface area contributed by atoms with Crippen LogP contribution in [0.5, 0.6) is 0 Å². The van der Waals surface area contributed by atoms with E-state index in [2.05, 4.69) is 23.3 Å². The second-order valence-corrected chi connectivity index (χ2v) is 6.28. The Morgan fingerprint density at radius 1 is 1.39 bits per heavy atom. The van der Waals surface area contributed by atoms with Gasteiger partial charge in [0.25, 0.3) is 0 Å². The summed E-state index contributed by atoms with van der Waals surface area (Å²) in [5.74, 6) is 0.813. The minimum absolute atomic E-state index is 0.813. The first-order valence-corrected chi connectivity index (χ1v) is 7.45. The van der Waals surface area contributed by atoms with Crippen LogP contribution in [-0.4, -0.2) is 23.1 Å². The molecule has 1 aliphatic heterocycles. The summed E-state index contributed by atoms with van der Waals surface area (Å²) in [6, 6.07) is 4.12. The molecule has 0 unspecified atom stereocenters. The molecule has 1 fully saturated rings. The van der Waals surface area contributed by atoms with Gasteiger partial charge in [0.05, 0.1) is 10.7 Å². The van der Waals surface area contributed by atoms with E-state index in [0.29, 0.717) is 0 Å². The fourth-order valence-electron chi connectivity index (χ4n) is 2.60. The summed E-state index contributed by atoms with van der Waals surface area (Å²) in [5.41, 5.74) is 2.27. The molecule has 3 heterocycles. The number of nitrogens with zero attached hydrogens (tertiary/aromatic N) is 1. The molecular formula is C14H19N3S. The normalized spacial score (nSPS) is 17.2. The molecule has 4 heteroatoms. The summed E-state index contributed by atoms with van der Waals surface area (Å²) >= 11 is 1.85. The Hall–Kier alpha value is -1.13. The molecule has 1 aliphatic rings. The fourth-order valence-corrected chi connectivity index (χ4v) is 3.66. The second kappa shape index (κ2) is 5.24. The number of H-pyrrole nitrogens is 1. The van der Waals surface area contributed by atoms with Gasteiger partial charge in [0.1, 0.15) is 5.69 Å². The number of hydrogen-bond acceptors (Lipinski definition) is 3. The van der Waals surface area contributed by atoms with Gasteiger partial charge in [-0.25, -0.2) is 4.98 Å². The lowest BCUT2D eigenvalue weighted by Crippen LogP contribution is -2.28. The van der Waals surface area contributed by atoms with E-state index in [1.54, 1.807) is 0 Å². The van der Waals surface area contributed by atoms with Gasteiger partial charge in [0, 0.05) is 17.5 Å². The molecule has 0 saturated carbocycles. The zero-order valence-corrected chi connectivity index (χ0v) is 11.5. The Labute approximate surface area is 112 Å². The summed E-state index contributed by atoms with van der Waals surface area (Å²) in [6.45, 7) is 4.50. The maximum Gasteiger partial charge on any atom is 0.101 e. The highest BCUT2D eigenvalue weighted by Crippen LogP contribution is 2.29. The van der Waals surface area contributed by atoms with Crippen LogP contribution < -0.4 is 5.32 Å². The first-order valence-electron chi connectivity index (χ1n) is 6.63. The Morgan fingerprint density at radius 3 is 2.94 bits per heavy atom. The molecular weight excluding hydrogens is 242 g/mol. The number of piperidine rings is 1. The highest BCUT2D eigenvalue weighted by atomic mass is 32.1. The molecule has 2 aromatic rings. The van der Waals surface area contributed by atoms with Gasteiger partial charge in [0.15, 0.2) is 0 Å². The zero-order chi connectivity index (χ0) is 12.4. The van der Waals surface area contributed by atoms with Crippen LogP contribution in [0.4, 0.5) is 0 Å². The Balaban J connectivity index is 1.75. The standard InChI is InChI=1S/C14H19N3S/c1-10-14(12-3-2-6-16-12)17-13(18-10)9-11-4-7-15-8-5-11/h2-3,6,11,15-16H,4-5,7-9H2,1H3. The number of nitrogens with one attached hydrogen (secondary N) is 2. The van der Waals surface area contributed by atoms with Gasteiger partial charge in [-0.2, -0.15) is 0 Å². The number of aromatic nitrogens is 2. The number of thiazole rings is 1. The molecule has 2 N–H and O–H groups in total. The molecule has 0 aromatic carbocycles. The largest absolute Gasteiger partial charge is 0.360 e. The second-order valence-electron chi connectivity index (χ2n) is 4.99. The molecule has 18 heavy (non-hydrogen) atoms. The smallest absolute Gasteiger partial charge is 0.101 e. The van der Waals surface area contributed by atoms with Gasteiger partial charge in [-0.15, -0.1) is 11.3 Å². The monoisotopic (exact) mass is 261 g/mol. The summed E-state index contributed by atoms with van der Waals surface area (Å²) in [6.07, 6.45) is 5.68. The van der Waals surface area contributed by atoms with E-state index in [9.17, 15) is 0 Å². The van der Waals surface area contributed by atoms with Crippen LogP contribution >= 0.6 is 11.3 Å². The van der Waals surface area contributed by atoms with Crippen molar-refractivity contribution in [3.63, 3.8) is 0 Å². The molecule has 1 saturated heterocycles. The molecule has 96 valence electrons. The summed E-state index contributed by atoms with van der Waals surface area (Å²) in [5, 5.41) is 4.71. The van der Waals surface area contributed by atoms with Crippen molar-refractivity contribution < 1.29 is 0 Å². The van der Waals surface area contributed by atoms with E-state index >= 15 is 0 Å².